The molecule has 4 rings (SSSR count). The van der Waals surface area contributed by atoms with Gasteiger partial charge in [0.05, 0.1) is 18.6 Å². The molecular formula is C34H48N2O2Si. The molecule has 1 heterocycles. The van der Waals surface area contributed by atoms with E-state index in [0.29, 0.717) is 6.42 Å². The molecule has 1 aromatic heterocycles. The molecule has 0 saturated heterocycles. The Labute approximate surface area is 237 Å². The lowest BCUT2D eigenvalue weighted by molar-refractivity contribution is 0.105. The third-order valence-electron chi connectivity index (χ3n) is 9.09. The number of aliphatic hydroxyl groups excluding tert-OH is 1. The molecule has 39 heavy (non-hydrogen) atoms. The molecule has 2 atom stereocenters. The first kappa shape index (κ1) is 29.7. The molecule has 5 heteroatoms. The van der Waals surface area contributed by atoms with Crippen LogP contribution in [0.2, 0.25) is 18.1 Å². The highest BCUT2D eigenvalue weighted by Gasteiger charge is 2.45. The summed E-state index contributed by atoms with van der Waals surface area (Å²) in [5, 5.41) is 21.3. The minimum atomic E-state index is -2.08. The lowest BCUT2D eigenvalue weighted by Crippen LogP contribution is -2.44. The Morgan fingerprint density at radius 1 is 1.18 bits per heavy atom. The summed E-state index contributed by atoms with van der Waals surface area (Å²) in [5.74, 6) is 0.170. The molecule has 2 aromatic rings. The first-order chi connectivity index (χ1) is 18.1. The van der Waals surface area contributed by atoms with E-state index < -0.39 is 14.4 Å². The van der Waals surface area contributed by atoms with Gasteiger partial charge in [-0.05, 0) is 83.8 Å². The summed E-state index contributed by atoms with van der Waals surface area (Å²) < 4.78 is 7.25. The maximum atomic E-state index is 12.1. The highest BCUT2D eigenvalue weighted by molar-refractivity contribution is 6.74. The second-order valence-corrected chi connectivity index (χ2v) is 19.1. The molecule has 2 aliphatic rings. The maximum Gasteiger partial charge on any atom is 0.192 e. The van der Waals surface area contributed by atoms with Gasteiger partial charge in [0.25, 0.3) is 0 Å². The van der Waals surface area contributed by atoms with E-state index in [1.54, 1.807) is 0 Å². The Hall–Kier alpha value is -2.26. The highest BCUT2D eigenvalue weighted by atomic mass is 28.4. The van der Waals surface area contributed by atoms with Gasteiger partial charge in [0, 0.05) is 22.5 Å². The largest absolute Gasteiger partial charge is 0.410 e. The van der Waals surface area contributed by atoms with E-state index >= 15 is 0 Å². The maximum absolute atomic E-state index is 12.1. The summed E-state index contributed by atoms with van der Waals surface area (Å²) >= 11 is 0. The van der Waals surface area contributed by atoms with Crippen molar-refractivity contribution in [2.75, 3.05) is 0 Å². The van der Waals surface area contributed by atoms with E-state index in [2.05, 4.69) is 73.7 Å². The summed E-state index contributed by atoms with van der Waals surface area (Å²) in [6, 6.07) is 10.1. The van der Waals surface area contributed by atoms with Crippen LogP contribution in [0.4, 0.5) is 0 Å². The van der Waals surface area contributed by atoms with E-state index in [0.717, 1.165) is 60.2 Å². The molecule has 0 spiro atoms. The van der Waals surface area contributed by atoms with Crippen LogP contribution in [0, 0.1) is 16.7 Å². The fourth-order valence-electron chi connectivity index (χ4n) is 5.96. The van der Waals surface area contributed by atoms with Crippen molar-refractivity contribution in [3.63, 3.8) is 0 Å². The van der Waals surface area contributed by atoms with Crippen LogP contribution in [0.25, 0.3) is 5.57 Å². The van der Waals surface area contributed by atoms with Gasteiger partial charge in [0.1, 0.15) is 6.10 Å². The lowest BCUT2D eigenvalue weighted by atomic mass is 9.71. The van der Waals surface area contributed by atoms with Gasteiger partial charge in [-0.1, -0.05) is 78.8 Å². The van der Waals surface area contributed by atoms with E-state index in [1.807, 2.05) is 24.3 Å². The molecule has 0 fully saturated rings. The van der Waals surface area contributed by atoms with Crippen molar-refractivity contribution in [1.82, 2.24) is 4.98 Å². The molecule has 2 aliphatic carbocycles. The minimum absolute atomic E-state index is 0.0428. The van der Waals surface area contributed by atoms with Gasteiger partial charge in [-0.3, -0.25) is 4.98 Å². The topological polar surface area (TPSA) is 66.1 Å². The van der Waals surface area contributed by atoms with Crippen molar-refractivity contribution in [3.05, 3.63) is 69.5 Å². The van der Waals surface area contributed by atoms with Crippen molar-refractivity contribution >= 4 is 13.9 Å². The van der Waals surface area contributed by atoms with Crippen LogP contribution < -0.4 is 0 Å². The van der Waals surface area contributed by atoms with Crippen LogP contribution >= 0.6 is 0 Å². The Morgan fingerprint density at radius 3 is 2.38 bits per heavy atom. The molecule has 1 aromatic carbocycles. The third-order valence-corrected chi connectivity index (χ3v) is 13.6. The zero-order valence-corrected chi connectivity index (χ0v) is 26.6. The van der Waals surface area contributed by atoms with Gasteiger partial charge in [0.2, 0.25) is 0 Å². The fraction of sp³-hybridized carbons (Fsp3) is 0.588. The predicted octanol–water partition coefficient (Wildman–Crippen LogP) is 8.96. The third kappa shape index (κ3) is 6.09. The molecule has 0 aliphatic heterocycles. The van der Waals surface area contributed by atoms with Gasteiger partial charge in [0.15, 0.2) is 8.32 Å². The summed E-state index contributed by atoms with van der Waals surface area (Å²) in [4.78, 5) is 5.38. The number of aliphatic hydroxyl groups is 1. The zero-order chi connectivity index (χ0) is 28.8. The number of nitrogens with zero attached hydrogens (tertiary/aromatic N) is 2. The van der Waals surface area contributed by atoms with Crippen LogP contribution in [0.3, 0.4) is 0 Å². The number of hydrogen-bond donors (Lipinski definition) is 1. The zero-order valence-electron chi connectivity index (χ0n) is 25.6. The number of nitriles is 1. The van der Waals surface area contributed by atoms with Crippen LogP contribution in [0.5, 0.6) is 0 Å². The second kappa shape index (κ2) is 11.0. The number of allylic oxidation sites excluding steroid dienone is 2. The predicted molar refractivity (Wildman–Crippen MR) is 163 cm³/mol. The van der Waals surface area contributed by atoms with E-state index in [1.165, 1.54) is 16.7 Å². The highest BCUT2D eigenvalue weighted by Crippen LogP contribution is 2.52. The van der Waals surface area contributed by atoms with Crippen molar-refractivity contribution < 1.29 is 9.53 Å². The van der Waals surface area contributed by atoms with Crippen LogP contribution in [-0.4, -0.2) is 18.4 Å². The molecule has 0 radical (unpaired) electrons. The molecule has 0 bridgehead atoms. The molecule has 4 nitrogen and oxygen atoms in total. The molecule has 1 unspecified atom stereocenters. The fourth-order valence-corrected chi connectivity index (χ4v) is 7.23. The number of rotatable bonds is 7. The Morgan fingerprint density at radius 2 is 1.85 bits per heavy atom. The smallest absolute Gasteiger partial charge is 0.192 e. The van der Waals surface area contributed by atoms with Crippen molar-refractivity contribution in [1.29, 1.82) is 5.26 Å². The first-order valence-corrected chi connectivity index (χ1v) is 17.6. The summed E-state index contributed by atoms with van der Waals surface area (Å²) in [6.07, 6.45) is 7.01. The van der Waals surface area contributed by atoms with Crippen LogP contribution in [0.1, 0.15) is 131 Å². The van der Waals surface area contributed by atoms with Crippen LogP contribution in [-0.2, 0) is 17.3 Å². The summed E-state index contributed by atoms with van der Waals surface area (Å²) in [5.41, 5.74) is 8.77. The molecular weight excluding hydrogens is 496 g/mol. The van der Waals surface area contributed by atoms with Crippen molar-refractivity contribution in [2.24, 2.45) is 5.41 Å². The number of benzene rings is 1. The molecule has 0 saturated carbocycles. The Kier molecular flexibility index (Phi) is 8.35. The number of fused-ring (bicyclic) bond motifs is 1. The minimum Gasteiger partial charge on any atom is -0.410 e. The number of aromatic nitrogens is 1. The van der Waals surface area contributed by atoms with Gasteiger partial charge in [-0.2, -0.15) is 5.26 Å². The van der Waals surface area contributed by atoms with Gasteiger partial charge >= 0.3 is 0 Å². The summed E-state index contributed by atoms with van der Waals surface area (Å²) in [6.45, 7) is 20.7. The van der Waals surface area contributed by atoms with Gasteiger partial charge < -0.3 is 9.53 Å². The number of hydrogen-bond acceptors (Lipinski definition) is 4. The van der Waals surface area contributed by atoms with Gasteiger partial charge in [-0.25, -0.2) is 0 Å². The average molecular weight is 545 g/mol. The Bertz CT molecular complexity index is 1280. The molecule has 1 N–H and O–H groups in total. The average Bonchev–Trinajstić information content (AvgIpc) is 3.36. The SMILES string of the molecule is CC(C)c1nc2c(c(C3=CCCC3)c1C(O)c1ccc(CC#N)cc1)[C@H](O[Si](C)(C)C(C)(C)C)CC(C)(C)C2. The standard InChI is InChI=1S/C34H48N2O2Si/c1-22(2)31-30(32(37)25-16-14-23(15-17-25)18-19-35)28(24-12-10-11-13-24)29-26(36-31)20-34(6,7)21-27(29)38-39(8,9)33(3,4)5/h12,14-17,22,27,32,37H,10-11,13,18,20-21H2,1-9H3/t27-,32?/m1/s1. The summed E-state index contributed by atoms with van der Waals surface area (Å²) in [7, 11) is -2.08. The second-order valence-electron chi connectivity index (χ2n) is 14.3. The Balaban J connectivity index is 1.98. The first-order valence-electron chi connectivity index (χ1n) is 14.7. The van der Waals surface area contributed by atoms with Crippen molar-refractivity contribution in [2.45, 2.75) is 123 Å². The number of pyridine rings is 1. The normalized spacial score (nSPS) is 19.9. The quantitative estimate of drug-likeness (QED) is 0.353. The monoisotopic (exact) mass is 544 g/mol. The van der Waals surface area contributed by atoms with Crippen molar-refractivity contribution in [3.8, 4) is 6.07 Å². The van der Waals surface area contributed by atoms with E-state index in [-0.39, 0.29) is 22.5 Å². The van der Waals surface area contributed by atoms with E-state index in [4.69, 9.17) is 14.7 Å². The van der Waals surface area contributed by atoms with E-state index in [9.17, 15) is 5.11 Å². The molecule has 210 valence electrons. The lowest BCUT2D eigenvalue weighted by Gasteiger charge is -2.45. The van der Waals surface area contributed by atoms with Gasteiger partial charge in [-0.15, -0.1) is 0 Å². The van der Waals surface area contributed by atoms with Crippen LogP contribution in [0.15, 0.2) is 30.3 Å². The molecule has 0 amide bonds.